The van der Waals surface area contributed by atoms with Crippen LogP contribution in [0.4, 0.5) is 5.69 Å². The number of rotatable bonds is 3. The van der Waals surface area contributed by atoms with Gasteiger partial charge in [0.25, 0.3) is 0 Å². The molecule has 0 unspecified atom stereocenters. The van der Waals surface area contributed by atoms with Crippen molar-refractivity contribution in [2.75, 3.05) is 5.73 Å². The van der Waals surface area contributed by atoms with Crippen molar-refractivity contribution >= 4 is 29.0 Å². The van der Waals surface area contributed by atoms with E-state index in [1.807, 2.05) is 26.0 Å². The third-order valence-electron chi connectivity index (χ3n) is 1.98. The summed E-state index contributed by atoms with van der Waals surface area (Å²) in [7, 11) is 0. The normalized spacial score (nSPS) is 10.6. The van der Waals surface area contributed by atoms with Gasteiger partial charge in [0.05, 0.1) is 5.69 Å². The Kier molecular flexibility index (Phi) is 3.40. The van der Waals surface area contributed by atoms with Gasteiger partial charge < -0.3 is 5.73 Å². The standard InChI is InChI=1S/C10H12N4S2/c1-3-8-13-10(16-14-8)15-9-7(11)5-4-6(2)12-9/h4-5H,3,11H2,1-2H3. The lowest BCUT2D eigenvalue weighted by Gasteiger charge is -2.02. The SMILES string of the molecule is CCc1nsc(Sc2nc(C)ccc2N)n1. The largest absolute Gasteiger partial charge is 0.397 e. The zero-order chi connectivity index (χ0) is 11.5. The molecular formula is C10H12N4S2. The van der Waals surface area contributed by atoms with Gasteiger partial charge in [-0.25, -0.2) is 9.97 Å². The lowest BCUT2D eigenvalue weighted by atomic mass is 10.3. The fourth-order valence-electron chi connectivity index (χ4n) is 1.13. The van der Waals surface area contributed by atoms with Crippen LogP contribution in [0.25, 0.3) is 0 Å². The van der Waals surface area contributed by atoms with Gasteiger partial charge in [-0.3, -0.25) is 0 Å². The molecule has 2 aromatic rings. The Labute approximate surface area is 102 Å². The molecule has 0 amide bonds. The van der Waals surface area contributed by atoms with Crippen LogP contribution in [0, 0.1) is 6.92 Å². The molecule has 16 heavy (non-hydrogen) atoms. The predicted octanol–water partition coefficient (Wildman–Crippen LogP) is 2.54. The first-order chi connectivity index (χ1) is 7.69. The number of nitrogens with two attached hydrogens (primary N) is 1. The molecule has 2 rings (SSSR count). The average molecular weight is 252 g/mol. The molecule has 4 nitrogen and oxygen atoms in total. The molecule has 0 aromatic carbocycles. The van der Waals surface area contributed by atoms with E-state index in [9.17, 15) is 0 Å². The van der Waals surface area contributed by atoms with Gasteiger partial charge in [0.15, 0.2) is 4.34 Å². The zero-order valence-electron chi connectivity index (χ0n) is 9.10. The van der Waals surface area contributed by atoms with E-state index in [1.165, 1.54) is 23.3 Å². The summed E-state index contributed by atoms with van der Waals surface area (Å²) in [6.07, 6.45) is 0.855. The first-order valence-corrected chi connectivity index (χ1v) is 6.51. The Hall–Kier alpha value is -1.14. The van der Waals surface area contributed by atoms with E-state index in [0.717, 1.165) is 27.3 Å². The quantitative estimate of drug-likeness (QED) is 0.909. The number of aryl methyl sites for hydroxylation is 2. The summed E-state index contributed by atoms with van der Waals surface area (Å²) < 4.78 is 5.11. The molecule has 0 atom stereocenters. The minimum atomic E-state index is 0.684. The van der Waals surface area contributed by atoms with E-state index in [1.54, 1.807) is 0 Å². The van der Waals surface area contributed by atoms with Crippen LogP contribution in [0.5, 0.6) is 0 Å². The van der Waals surface area contributed by atoms with Crippen LogP contribution in [0.1, 0.15) is 18.4 Å². The number of nitrogen functional groups attached to an aromatic ring is 1. The van der Waals surface area contributed by atoms with Gasteiger partial charge in [-0.05, 0) is 42.4 Å². The Morgan fingerprint density at radius 2 is 2.19 bits per heavy atom. The molecule has 0 radical (unpaired) electrons. The highest BCUT2D eigenvalue weighted by Crippen LogP contribution is 2.31. The van der Waals surface area contributed by atoms with Crippen LogP contribution in [0.2, 0.25) is 0 Å². The first kappa shape index (κ1) is 11.3. The molecule has 0 bridgehead atoms. The molecular weight excluding hydrogens is 240 g/mol. The van der Waals surface area contributed by atoms with Gasteiger partial charge in [-0.1, -0.05) is 6.92 Å². The summed E-state index contributed by atoms with van der Waals surface area (Å²) >= 11 is 2.86. The van der Waals surface area contributed by atoms with Crippen molar-refractivity contribution in [3.63, 3.8) is 0 Å². The first-order valence-electron chi connectivity index (χ1n) is 4.92. The molecule has 0 aliphatic rings. The van der Waals surface area contributed by atoms with Crippen molar-refractivity contribution in [1.29, 1.82) is 0 Å². The van der Waals surface area contributed by atoms with Crippen molar-refractivity contribution in [2.45, 2.75) is 29.6 Å². The average Bonchev–Trinajstić information content (AvgIpc) is 2.71. The summed E-state index contributed by atoms with van der Waals surface area (Å²) in [6.45, 7) is 3.98. The van der Waals surface area contributed by atoms with Gasteiger partial charge in [0, 0.05) is 12.1 Å². The second-order valence-electron chi connectivity index (χ2n) is 3.28. The fraction of sp³-hybridized carbons (Fsp3) is 0.300. The third kappa shape index (κ3) is 2.51. The maximum absolute atomic E-state index is 5.85. The highest BCUT2D eigenvalue weighted by Gasteiger charge is 2.08. The zero-order valence-corrected chi connectivity index (χ0v) is 10.7. The maximum atomic E-state index is 5.85. The van der Waals surface area contributed by atoms with E-state index in [-0.39, 0.29) is 0 Å². The second kappa shape index (κ2) is 4.80. The number of anilines is 1. The van der Waals surface area contributed by atoms with E-state index in [2.05, 4.69) is 14.3 Å². The number of pyridine rings is 1. The van der Waals surface area contributed by atoms with Crippen LogP contribution in [0.15, 0.2) is 21.5 Å². The number of nitrogens with zero attached hydrogens (tertiary/aromatic N) is 3. The third-order valence-corrected chi connectivity index (χ3v) is 3.79. The molecule has 84 valence electrons. The van der Waals surface area contributed by atoms with Crippen LogP contribution >= 0.6 is 23.3 Å². The Balaban J connectivity index is 2.22. The van der Waals surface area contributed by atoms with E-state index in [0.29, 0.717) is 5.69 Å². The monoisotopic (exact) mass is 252 g/mol. The lowest BCUT2D eigenvalue weighted by Crippen LogP contribution is -1.93. The minimum absolute atomic E-state index is 0.684. The summed E-state index contributed by atoms with van der Waals surface area (Å²) in [4.78, 5) is 8.75. The van der Waals surface area contributed by atoms with E-state index < -0.39 is 0 Å². The van der Waals surface area contributed by atoms with Crippen LogP contribution in [0.3, 0.4) is 0 Å². The fourth-order valence-corrected chi connectivity index (χ4v) is 2.82. The van der Waals surface area contributed by atoms with Crippen molar-refractivity contribution < 1.29 is 0 Å². The summed E-state index contributed by atoms with van der Waals surface area (Å²) in [5, 5.41) is 0.804. The predicted molar refractivity (Wildman–Crippen MR) is 66.8 cm³/mol. The van der Waals surface area contributed by atoms with Crippen LogP contribution in [-0.2, 0) is 6.42 Å². The molecule has 2 heterocycles. The van der Waals surface area contributed by atoms with Crippen LogP contribution in [-0.4, -0.2) is 14.3 Å². The molecule has 2 N–H and O–H groups in total. The van der Waals surface area contributed by atoms with Gasteiger partial charge in [0.1, 0.15) is 10.9 Å². The van der Waals surface area contributed by atoms with Crippen LogP contribution < -0.4 is 5.73 Å². The van der Waals surface area contributed by atoms with Gasteiger partial charge in [-0.2, -0.15) is 4.37 Å². The molecule has 0 saturated carbocycles. The van der Waals surface area contributed by atoms with E-state index >= 15 is 0 Å². The Morgan fingerprint density at radius 3 is 2.88 bits per heavy atom. The summed E-state index contributed by atoms with van der Waals surface area (Å²) in [6, 6.07) is 3.77. The summed E-state index contributed by atoms with van der Waals surface area (Å²) in [5.74, 6) is 0.874. The smallest absolute Gasteiger partial charge is 0.176 e. The number of hydrogen-bond donors (Lipinski definition) is 1. The molecule has 0 aliphatic carbocycles. The Bertz CT molecular complexity index is 495. The molecule has 0 spiro atoms. The summed E-state index contributed by atoms with van der Waals surface area (Å²) in [5.41, 5.74) is 7.49. The van der Waals surface area contributed by atoms with Crippen molar-refractivity contribution in [1.82, 2.24) is 14.3 Å². The lowest BCUT2D eigenvalue weighted by molar-refractivity contribution is 0.969. The highest BCUT2D eigenvalue weighted by molar-refractivity contribution is 8.01. The molecule has 2 aromatic heterocycles. The van der Waals surface area contributed by atoms with Gasteiger partial charge >= 0.3 is 0 Å². The molecule has 6 heteroatoms. The van der Waals surface area contributed by atoms with Gasteiger partial charge in [-0.15, -0.1) is 0 Å². The van der Waals surface area contributed by atoms with Crippen molar-refractivity contribution in [2.24, 2.45) is 0 Å². The van der Waals surface area contributed by atoms with Crippen molar-refractivity contribution in [3.05, 3.63) is 23.7 Å². The number of hydrogen-bond acceptors (Lipinski definition) is 6. The van der Waals surface area contributed by atoms with Gasteiger partial charge in [0.2, 0.25) is 0 Å². The molecule has 0 fully saturated rings. The van der Waals surface area contributed by atoms with Crippen molar-refractivity contribution in [3.8, 4) is 0 Å². The topological polar surface area (TPSA) is 64.7 Å². The molecule has 0 saturated heterocycles. The maximum Gasteiger partial charge on any atom is 0.176 e. The van der Waals surface area contributed by atoms with E-state index in [4.69, 9.17) is 5.73 Å². The second-order valence-corrected chi connectivity index (χ2v) is 5.27. The minimum Gasteiger partial charge on any atom is -0.397 e. The highest BCUT2D eigenvalue weighted by atomic mass is 32.2. The number of aromatic nitrogens is 3. The molecule has 0 aliphatic heterocycles. The Morgan fingerprint density at radius 1 is 1.38 bits per heavy atom.